The largest absolute Gasteiger partial charge is 0.329 e. The van der Waals surface area contributed by atoms with Crippen molar-refractivity contribution in [3.8, 4) is 0 Å². The van der Waals surface area contributed by atoms with Crippen LogP contribution in [0.4, 0.5) is 0 Å². The molecule has 42 heavy (non-hydrogen) atoms. The molecule has 0 saturated carbocycles. The molecular weight excluding hydrogens is 566 g/mol. The van der Waals surface area contributed by atoms with E-state index in [-0.39, 0.29) is 0 Å². The van der Waals surface area contributed by atoms with Gasteiger partial charge < -0.3 is 19.6 Å². The van der Waals surface area contributed by atoms with Gasteiger partial charge in [0.1, 0.15) is 0 Å². The van der Waals surface area contributed by atoms with E-state index in [1.165, 1.54) is 11.1 Å². The van der Waals surface area contributed by atoms with Gasteiger partial charge in [-0.1, -0.05) is 36.4 Å². The minimum atomic E-state index is -4.50. The van der Waals surface area contributed by atoms with E-state index in [0.717, 1.165) is 71.4 Å². The topological polar surface area (TPSA) is 115 Å². The highest BCUT2D eigenvalue weighted by Crippen LogP contribution is 2.48. The average Bonchev–Trinajstić information content (AvgIpc) is 3.43. The van der Waals surface area contributed by atoms with E-state index in [1.54, 1.807) is 0 Å². The number of hydrogen-bond donors (Lipinski definition) is 4. The Bertz CT molecular complexity index is 2350. The molecule has 9 rings (SSSR count). The minimum Gasteiger partial charge on any atom is -0.324 e. The maximum atomic E-state index is 12.6. The third-order valence-electron chi connectivity index (χ3n) is 9.23. The van der Waals surface area contributed by atoms with Gasteiger partial charge in [0.05, 0.1) is 12.3 Å². The van der Waals surface area contributed by atoms with Gasteiger partial charge in [0.25, 0.3) is 0 Å². The average molecular weight is 591 g/mol. The number of hydrogen-bond acceptors (Lipinski definition) is 2. The summed E-state index contributed by atoms with van der Waals surface area (Å²) in [6, 6.07) is 24.8. The van der Waals surface area contributed by atoms with Crippen LogP contribution < -0.4 is 10.4 Å². The molecule has 2 bridgehead atoms. The maximum Gasteiger partial charge on any atom is 0.329 e. The highest BCUT2D eigenvalue weighted by atomic mass is 31.2. The van der Waals surface area contributed by atoms with Crippen LogP contribution in [0.3, 0.4) is 0 Å². The zero-order valence-corrected chi connectivity index (χ0v) is 24.0. The van der Waals surface area contributed by atoms with Crippen molar-refractivity contribution in [1.82, 2.24) is 0 Å². The lowest BCUT2D eigenvalue weighted by Gasteiger charge is -2.20. The zero-order chi connectivity index (χ0) is 28.7. The molecule has 6 aromatic carbocycles. The van der Waals surface area contributed by atoms with Crippen LogP contribution in [0, 0.1) is 0 Å². The third kappa shape index (κ3) is 3.68. The quantitative estimate of drug-likeness (QED) is 0.155. The second-order valence-corrected chi connectivity index (χ2v) is 15.3. The molecule has 3 aliphatic carbocycles. The Kier molecular flexibility index (Phi) is 4.79. The molecule has 206 valence electrons. The third-order valence-corrected chi connectivity index (χ3v) is 10.7. The molecule has 8 heteroatoms. The van der Waals surface area contributed by atoms with E-state index in [4.69, 9.17) is 0 Å². The maximum absolute atomic E-state index is 12.6. The first-order valence-electron chi connectivity index (χ1n) is 13.9. The fraction of sp³-hybridized carbons (Fsp3) is 0.118. The standard InChI is InChI=1S/C34H24O6P2/c35-41(36,37)15-31-27-12-23-8-21-6-19-5-20(19)7-22(21)9-24(23)13-28(27)32(16-42(38,39)40)34-30-14-29(33(31)34)25-10-17-3-1-2-4-18(17)11-26(25)30/h1-4,6-13H,5,14-16H2,(H2,35,36,37)(H2,38,39,40). The number of benzene rings is 6. The predicted molar refractivity (Wildman–Crippen MR) is 166 cm³/mol. The molecule has 0 saturated heterocycles. The summed E-state index contributed by atoms with van der Waals surface area (Å²) < 4.78 is 25.2. The lowest BCUT2D eigenvalue weighted by molar-refractivity contribution is 0.369. The van der Waals surface area contributed by atoms with Crippen LogP contribution in [-0.2, 0) is 27.9 Å². The molecule has 0 spiro atoms. The summed E-state index contributed by atoms with van der Waals surface area (Å²) in [5.41, 5.74) is 7.77. The van der Waals surface area contributed by atoms with Gasteiger partial charge in [0.2, 0.25) is 0 Å². The normalized spacial score (nSPS) is 15.2. The van der Waals surface area contributed by atoms with E-state index in [9.17, 15) is 28.7 Å². The van der Waals surface area contributed by atoms with Crippen LogP contribution in [0.15, 0.2) is 72.8 Å². The Balaban J connectivity index is 1.48. The molecule has 0 amide bonds. The monoisotopic (exact) mass is 590 g/mol. The second-order valence-electron chi connectivity index (χ2n) is 12.0. The van der Waals surface area contributed by atoms with E-state index in [2.05, 4.69) is 36.4 Å². The predicted octanol–water partition coefficient (Wildman–Crippen LogP) is 5.67. The SMILES string of the molecule is O=P(O)(O)Cc1c2c(c(CP(=O)(O)O)c3cc4cc5cc6c(cc5cc4cc13)C6)=C1CC=2c2cc3ccccc3cc21. The first-order chi connectivity index (χ1) is 20.0. The molecule has 0 heterocycles. The first-order valence-corrected chi connectivity index (χ1v) is 17.5. The van der Waals surface area contributed by atoms with Crippen molar-refractivity contribution < 1.29 is 28.7 Å². The lowest BCUT2D eigenvalue weighted by Crippen LogP contribution is -2.35. The van der Waals surface area contributed by atoms with Crippen LogP contribution in [-0.4, -0.2) is 19.6 Å². The Morgan fingerprint density at radius 3 is 1.38 bits per heavy atom. The van der Waals surface area contributed by atoms with Gasteiger partial charge in [-0.3, -0.25) is 9.13 Å². The molecule has 0 fully saturated rings. The number of rotatable bonds is 4. The van der Waals surface area contributed by atoms with Crippen molar-refractivity contribution in [2.24, 2.45) is 0 Å². The Labute approximate surface area is 239 Å². The Morgan fingerprint density at radius 1 is 0.524 bits per heavy atom. The summed E-state index contributed by atoms with van der Waals surface area (Å²) in [4.78, 5) is 41.1. The van der Waals surface area contributed by atoms with Gasteiger partial charge in [-0.15, -0.1) is 0 Å². The molecule has 6 nitrogen and oxygen atoms in total. The molecule has 0 aromatic heterocycles. The number of fused-ring (bicyclic) bond motifs is 11. The summed E-state index contributed by atoms with van der Waals surface area (Å²) in [6.07, 6.45) is 0.655. The highest BCUT2D eigenvalue weighted by molar-refractivity contribution is 7.51. The summed E-state index contributed by atoms with van der Waals surface area (Å²) in [5.74, 6) is 0. The van der Waals surface area contributed by atoms with Gasteiger partial charge in [0, 0.05) is 0 Å². The van der Waals surface area contributed by atoms with Gasteiger partial charge in [-0.05, 0) is 147 Å². The van der Waals surface area contributed by atoms with Crippen LogP contribution in [0.25, 0.3) is 54.2 Å². The summed E-state index contributed by atoms with van der Waals surface area (Å²) in [5, 5.41) is 8.96. The van der Waals surface area contributed by atoms with Gasteiger partial charge >= 0.3 is 15.2 Å². The minimum absolute atomic E-state index is 0.450. The zero-order valence-electron chi connectivity index (χ0n) is 22.3. The summed E-state index contributed by atoms with van der Waals surface area (Å²) >= 11 is 0. The van der Waals surface area contributed by atoms with Crippen molar-refractivity contribution >= 4 is 69.4 Å². The van der Waals surface area contributed by atoms with Crippen LogP contribution in [0.2, 0.25) is 0 Å². The van der Waals surface area contributed by atoms with E-state index in [0.29, 0.717) is 28.3 Å². The van der Waals surface area contributed by atoms with E-state index >= 15 is 0 Å². The molecule has 6 aromatic rings. The van der Waals surface area contributed by atoms with Gasteiger partial charge in [-0.2, -0.15) is 0 Å². The molecule has 0 atom stereocenters. The van der Waals surface area contributed by atoms with Crippen molar-refractivity contribution in [3.05, 3.63) is 117 Å². The van der Waals surface area contributed by atoms with Crippen LogP contribution in [0.5, 0.6) is 0 Å². The molecule has 4 N–H and O–H groups in total. The highest BCUT2D eigenvalue weighted by Gasteiger charge is 2.34. The fourth-order valence-electron chi connectivity index (χ4n) is 7.49. The lowest BCUT2D eigenvalue weighted by atomic mass is 9.88. The molecule has 0 unspecified atom stereocenters. The van der Waals surface area contributed by atoms with Crippen LogP contribution >= 0.6 is 15.2 Å². The van der Waals surface area contributed by atoms with Crippen molar-refractivity contribution in [2.75, 3.05) is 0 Å². The first kappa shape index (κ1) is 24.9. The summed E-state index contributed by atoms with van der Waals surface area (Å²) in [6.45, 7) is 0. The van der Waals surface area contributed by atoms with Gasteiger partial charge in [0.15, 0.2) is 0 Å². The molecule has 0 aliphatic heterocycles. The smallest absolute Gasteiger partial charge is 0.324 e. The van der Waals surface area contributed by atoms with Crippen molar-refractivity contribution in [3.63, 3.8) is 0 Å². The Hall–Kier alpha value is -3.60. The summed E-state index contributed by atoms with van der Waals surface area (Å²) in [7, 11) is -9.00. The fourth-order valence-corrected chi connectivity index (χ4v) is 8.97. The van der Waals surface area contributed by atoms with Gasteiger partial charge in [-0.25, -0.2) is 0 Å². The Morgan fingerprint density at radius 2 is 0.952 bits per heavy atom. The van der Waals surface area contributed by atoms with Crippen molar-refractivity contribution in [2.45, 2.75) is 25.2 Å². The second kappa shape index (κ2) is 8.06. The molecule has 3 aliphatic rings. The van der Waals surface area contributed by atoms with E-state index < -0.39 is 27.5 Å². The van der Waals surface area contributed by atoms with Crippen LogP contribution in [0.1, 0.15) is 39.8 Å². The molecular formula is C34H24O6P2. The van der Waals surface area contributed by atoms with Crippen molar-refractivity contribution in [1.29, 1.82) is 0 Å². The molecule has 0 radical (unpaired) electrons. The van der Waals surface area contributed by atoms with E-state index in [1.807, 2.05) is 36.4 Å².